The van der Waals surface area contributed by atoms with Crippen molar-refractivity contribution in [3.05, 3.63) is 42.0 Å². The number of aromatic amines is 1. The maximum Gasteiger partial charge on any atom is 0.573 e. The van der Waals surface area contributed by atoms with Crippen LogP contribution < -0.4 is 15.4 Å². The van der Waals surface area contributed by atoms with Crippen molar-refractivity contribution in [3.63, 3.8) is 0 Å². The smallest absolute Gasteiger partial charge is 0.423 e. The van der Waals surface area contributed by atoms with E-state index in [4.69, 9.17) is 4.42 Å². The minimum absolute atomic E-state index is 0.0362. The molecule has 0 saturated heterocycles. The predicted molar refractivity (Wildman–Crippen MR) is 103 cm³/mol. The van der Waals surface area contributed by atoms with Gasteiger partial charge in [-0.1, -0.05) is 6.92 Å². The Morgan fingerprint density at radius 3 is 2.73 bits per heavy atom. The number of carbonyl (C=O) groups excluding carboxylic acids is 1. The third-order valence-corrected chi connectivity index (χ3v) is 4.10. The lowest BCUT2D eigenvalue weighted by atomic mass is 10.2. The fraction of sp³-hybridized carbons (Fsp3) is 0.211. The van der Waals surface area contributed by atoms with Gasteiger partial charge in [0.25, 0.3) is 5.91 Å². The monoisotopic (exact) mass is 419 g/mol. The highest BCUT2D eigenvalue weighted by Gasteiger charge is 2.31. The third kappa shape index (κ3) is 4.29. The van der Waals surface area contributed by atoms with Crippen molar-refractivity contribution >= 4 is 40.0 Å². The van der Waals surface area contributed by atoms with Gasteiger partial charge in [0.1, 0.15) is 11.3 Å². The summed E-state index contributed by atoms with van der Waals surface area (Å²) in [6, 6.07) is 8.67. The van der Waals surface area contributed by atoms with Crippen molar-refractivity contribution in [1.82, 2.24) is 20.3 Å². The molecule has 1 amide bonds. The Balaban J connectivity index is 1.54. The van der Waals surface area contributed by atoms with E-state index in [0.717, 1.165) is 18.6 Å². The molecule has 3 N–H and O–H groups in total. The highest BCUT2D eigenvalue weighted by Crippen LogP contribution is 2.29. The number of anilines is 2. The summed E-state index contributed by atoms with van der Waals surface area (Å²) in [5, 5.41) is 5.62. The molecule has 30 heavy (non-hydrogen) atoms. The maximum atomic E-state index is 12.4. The molecule has 0 aliphatic heterocycles. The molecule has 0 fully saturated rings. The van der Waals surface area contributed by atoms with Crippen LogP contribution >= 0.6 is 0 Å². The van der Waals surface area contributed by atoms with Gasteiger partial charge in [-0.15, -0.1) is 13.2 Å². The van der Waals surface area contributed by atoms with E-state index in [1.54, 1.807) is 18.2 Å². The molecule has 0 saturated carbocycles. The van der Waals surface area contributed by atoms with E-state index in [2.05, 4.69) is 30.3 Å². The molecule has 11 heteroatoms. The third-order valence-electron chi connectivity index (χ3n) is 4.10. The molecule has 0 atom stereocenters. The van der Waals surface area contributed by atoms with Crippen molar-refractivity contribution < 1.29 is 27.1 Å². The molecule has 8 nitrogen and oxygen atoms in total. The van der Waals surface area contributed by atoms with Crippen LogP contribution in [-0.2, 0) is 0 Å². The molecule has 0 aliphatic carbocycles. The summed E-state index contributed by atoms with van der Waals surface area (Å²) < 4.78 is 46.4. The number of ether oxygens (including phenoxy) is 1. The second-order valence-corrected chi connectivity index (χ2v) is 6.39. The van der Waals surface area contributed by atoms with Gasteiger partial charge in [-0.3, -0.25) is 10.1 Å². The van der Waals surface area contributed by atoms with Crippen LogP contribution in [0.1, 0.15) is 23.7 Å². The molecular formula is C19H16F3N5O3. The van der Waals surface area contributed by atoms with E-state index < -0.39 is 12.1 Å². The lowest BCUT2D eigenvalue weighted by Crippen LogP contribution is -2.23. The first-order valence-electron chi connectivity index (χ1n) is 9.02. The fourth-order valence-electron chi connectivity index (χ4n) is 2.81. The van der Waals surface area contributed by atoms with Gasteiger partial charge in [-0.05, 0) is 36.8 Å². The zero-order chi connectivity index (χ0) is 21.3. The standard InChI is InChI=1S/C19H16F3N5O3/c1-2-7-23-16(28)10-3-5-12-14(8-10)25-17(24-12)27-18-26-13-6-4-11(9-15(13)29-18)30-19(20,21)22/h3-6,8-9H,2,7H2,1H3,(H,23,28)(H2,24,25,26,27). The quantitative estimate of drug-likeness (QED) is 0.425. The molecule has 0 spiro atoms. The van der Waals surface area contributed by atoms with E-state index in [9.17, 15) is 18.0 Å². The SMILES string of the molecule is CCCNC(=O)c1ccc2nc(Nc3nc4ccc(OC(F)(F)F)cc4o3)[nH]c2c1. The maximum absolute atomic E-state index is 12.4. The van der Waals surface area contributed by atoms with Gasteiger partial charge in [-0.25, -0.2) is 4.98 Å². The van der Waals surface area contributed by atoms with Crippen LogP contribution in [0.2, 0.25) is 0 Å². The normalized spacial score (nSPS) is 11.7. The average molecular weight is 419 g/mol. The molecule has 0 bridgehead atoms. The minimum atomic E-state index is -4.80. The molecule has 2 heterocycles. The Hall–Kier alpha value is -3.76. The van der Waals surface area contributed by atoms with Gasteiger partial charge < -0.3 is 19.5 Å². The number of halogens is 3. The number of amides is 1. The second-order valence-electron chi connectivity index (χ2n) is 6.39. The number of rotatable bonds is 6. The van der Waals surface area contributed by atoms with E-state index >= 15 is 0 Å². The first-order chi connectivity index (χ1) is 14.3. The molecule has 0 radical (unpaired) electrons. The van der Waals surface area contributed by atoms with Gasteiger partial charge in [-0.2, -0.15) is 4.98 Å². The number of imidazole rings is 1. The van der Waals surface area contributed by atoms with Gasteiger partial charge >= 0.3 is 12.4 Å². The predicted octanol–water partition coefficient (Wildman–Crippen LogP) is 4.49. The zero-order valence-corrected chi connectivity index (χ0v) is 15.6. The molecule has 4 aromatic rings. The van der Waals surface area contributed by atoms with Crippen molar-refractivity contribution in [3.8, 4) is 5.75 Å². The minimum Gasteiger partial charge on any atom is -0.423 e. The Labute approximate surface area is 167 Å². The van der Waals surface area contributed by atoms with Gasteiger partial charge in [0.05, 0.1) is 11.0 Å². The van der Waals surface area contributed by atoms with Crippen LogP contribution in [-0.4, -0.2) is 33.8 Å². The summed E-state index contributed by atoms with van der Waals surface area (Å²) >= 11 is 0. The summed E-state index contributed by atoms with van der Waals surface area (Å²) in [5.74, 6) is -0.288. The highest BCUT2D eigenvalue weighted by molar-refractivity contribution is 5.97. The number of hydrogen-bond donors (Lipinski definition) is 3. The molecule has 0 unspecified atom stereocenters. The number of aromatic nitrogens is 3. The van der Waals surface area contributed by atoms with Crippen LogP contribution in [0.25, 0.3) is 22.1 Å². The number of H-pyrrole nitrogens is 1. The van der Waals surface area contributed by atoms with Crippen LogP contribution in [0.15, 0.2) is 40.8 Å². The van der Waals surface area contributed by atoms with E-state index in [1.807, 2.05) is 6.92 Å². The lowest BCUT2D eigenvalue weighted by Gasteiger charge is -2.07. The second kappa shape index (κ2) is 7.58. The largest absolute Gasteiger partial charge is 0.573 e. The van der Waals surface area contributed by atoms with Crippen molar-refractivity contribution in [2.75, 3.05) is 11.9 Å². The van der Waals surface area contributed by atoms with Gasteiger partial charge in [0.15, 0.2) is 5.58 Å². The number of nitrogens with one attached hydrogen (secondary N) is 3. The fourth-order valence-corrected chi connectivity index (χ4v) is 2.81. The molecule has 156 valence electrons. The average Bonchev–Trinajstić information content (AvgIpc) is 3.26. The van der Waals surface area contributed by atoms with Crippen LogP contribution in [0.4, 0.5) is 25.1 Å². The molecular weight excluding hydrogens is 403 g/mol. The summed E-state index contributed by atoms with van der Waals surface area (Å²) in [6.07, 6.45) is -3.96. The molecule has 0 aliphatic rings. The Bertz CT molecular complexity index is 1220. The van der Waals surface area contributed by atoms with E-state index in [0.29, 0.717) is 34.6 Å². The van der Waals surface area contributed by atoms with E-state index in [1.165, 1.54) is 6.07 Å². The van der Waals surface area contributed by atoms with Gasteiger partial charge in [0, 0.05) is 18.2 Å². The van der Waals surface area contributed by atoms with Crippen LogP contribution in [0.5, 0.6) is 5.75 Å². The summed E-state index contributed by atoms with van der Waals surface area (Å²) in [6.45, 7) is 2.55. The highest BCUT2D eigenvalue weighted by atomic mass is 19.4. The topological polar surface area (TPSA) is 105 Å². The first kappa shape index (κ1) is 19.6. The number of nitrogens with zero attached hydrogens (tertiary/aromatic N) is 2. The molecule has 2 aromatic carbocycles. The van der Waals surface area contributed by atoms with Gasteiger partial charge in [0.2, 0.25) is 5.95 Å². The number of oxazole rings is 1. The van der Waals surface area contributed by atoms with Crippen molar-refractivity contribution in [1.29, 1.82) is 0 Å². The molecule has 2 aromatic heterocycles. The van der Waals surface area contributed by atoms with Crippen molar-refractivity contribution in [2.24, 2.45) is 0 Å². The number of hydrogen-bond acceptors (Lipinski definition) is 6. The Kier molecular flexibility index (Phi) is 4.94. The van der Waals surface area contributed by atoms with Crippen molar-refractivity contribution in [2.45, 2.75) is 19.7 Å². The van der Waals surface area contributed by atoms with Crippen LogP contribution in [0, 0.1) is 0 Å². The Morgan fingerprint density at radius 1 is 1.17 bits per heavy atom. The summed E-state index contributed by atoms with van der Waals surface area (Å²) in [4.78, 5) is 23.6. The number of alkyl halides is 3. The van der Waals surface area contributed by atoms with Crippen LogP contribution in [0.3, 0.4) is 0 Å². The van der Waals surface area contributed by atoms with E-state index in [-0.39, 0.29) is 17.5 Å². The zero-order valence-electron chi connectivity index (χ0n) is 15.6. The number of fused-ring (bicyclic) bond motifs is 2. The number of benzene rings is 2. The summed E-state index contributed by atoms with van der Waals surface area (Å²) in [7, 11) is 0. The lowest BCUT2D eigenvalue weighted by molar-refractivity contribution is -0.274. The number of carbonyl (C=O) groups is 1. The first-order valence-corrected chi connectivity index (χ1v) is 9.02. The Morgan fingerprint density at radius 2 is 1.97 bits per heavy atom. The summed E-state index contributed by atoms with van der Waals surface area (Å²) in [5.41, 5.74) is 2.19. The molecule has 4 rings (SSSR count).